The summed E-state index contributed by atoms with van der Waals surface area (Å²) in [6, 6.07) is 0.373. The molecule has 1 N–H and O–H groups in total. The van der Waals surface area contributed by atoms with Crippen molar-refractivity contribution in [3.63, 3.8) is 0 Å². The molecule has 1 atom stereocenters. The summed E-state index contributed by atoms with van der Waals surface area (Å²) in [6.45, 7) is 3.47. The topological polar surface area (TPSA) is 86.4 Å². The fraction of sp³-hybridized carbons (Fsp3) is 0.700. The third kappa shape index (κ3) is 3.28. The summed E-state index contributed by atoms with van der Waals surface area (Å²) < 4.78 is 0. The Hall–Kier alpha value is -2.18. The molecule has 0 radical (unpaired) electrons. The zero-order valence-electron chi connectivity index (χ0n) is 16.0. The Kier molecular flexibility index (Phi) is 4.78. The Morgan fingerprint density at radius 1 is 1.15 bits per heavy atom. The molecule has 3 heterocycles. The summed E-state index contributed by atoms with van der Waals surface area (Å²) in [4.78, 5) is 48.7. The van der Waals surface area contributed by atoms with Crippen LogP contribution in [-0.4, -0.2) is 57.3 Å². The first-order valence-electron chi connectivity index (χ1n) is 10.2. The minimum Gasteiger partial charge on any atom is -0.339 e. The summed E-state index contributed by atoms with van der Waals surface area (Å²) in [7, 11) is 0. The standard InChI is InChI=1S/C20H28N4O3/c1-14-21-12-16(17(25)22-14)18(26)23-11-9-20(13-23)8-5-10-24(19(20)27)15-6-3-2-4-7-15/h12,15H,2-11,13H2,1H3,(H,21,22,25). The molecule has 146 valence electrons. The summed E-state index contributed by atoms with van der Waals surface area (Å²) in [5.74, 6) is 0.398. The van der Waals surface area contributed by atoms with E-state index in [0.29, 0.717) is 31.4 Å². The van der Waals surface area contributed by atoms with E-state index in [1.165, 1.54) is 25.5 Å². The SMILES string of the molecule is Cc1ncc(C(=O)N2CCC3(CCCN(C4CCCCC4)C3=O)C2)c(=O)[nH]1. The van der Waals surface area contributed by atoms with E-state index < -0.39 is 11.0 Å². The highest BCUT2D eigenvalue weighted by molar-refractivity contribution is 5.95. The number of aromatic amines is 1. The van der Waals surface area contributed by atoms with Crippen molar-refractivity contribution in [2.45, 2.75) is 64.3 Å². The zero-order chi connectivity index (χ0) is 19.0. The van der Waals surface area contributed by atoms with Gasteiger partial charge in [0.2, 0.25) is 5.91 Å². The van der Waals surface area contributed by atoms with Gasteiger partial charge in [-0.2, -0.15) is 0 Å². The van der Waals surface area contributed by atoms with Crippen LogP contribution in [0.5, 0.6) is 0 Å². The second-order valence-electron chi connectivity index (χ2n) is 8.36. The summed E-state index contributed by atoms with van der Waals surface area (Å²) in [5, 5.41) is 0. The smallest absolute Gasteiger partial charge is 0.263 e. The van der Waals surface area contributed by atoms with Gasteiger partial charge in [-0.25, -0.2) is 4.98 Å². The van der Waals surface area contributed by atoms with Gasteiger partial charge in [0.1, 0.15) is 11.4 Å². The fourth-order valence-electron chi connectivity index (χ4n) is 5.07. The number of carbonyl (C=O) groups is 2. The third-order valence-electron chi connectivity index (χ3n) is 6.58. The van der Waals surface area contributed by atoms with E-state index in [1.54, 1.807) is 11.8 Å². The van der Waals surface area contributed by atoms with Gasteiger partial charge >= 0.3 is 0 Å². The maximum absolute atomic E-state index is 13.4. The molecule has 0 bridgehead atoms. The molecule has 2 saturated heterocycles. The van der Waals surface area contributed by atoms with Crippen LogP contribution in [0.25, 0.3) is 0 Å². The van der Waals surface area contributed by atoms with E-state index in [2.05, 4.69) is 14.9 Å². The molecule has 1 saturated carbocycles. The molecule has 3 fully saturated rings. The lowest BCUT2D eigenvalue weighted by Gasteiger charge is -2.44. The molecule has 3 aliphatic rings. The molecule has 1 aliphatic carbocycles. The normalized spacial score (nSPS) is 26.8. The molecule has 27 heavy (non-hydrogen) atoms. The Bertz CT molecular complexity index is 799. The maximum Gasteiger partial charge on any atom is 0.263 e. The highest BCUT2D eigenvalue weighted by Crippen LogP contribution is 2.42. The fourth-order valence-corrected chi connectivity index (χ4v) is 5.07. The lowest BCUT2D eigenvalue weighted by atomic mass is 9.77. The van der Waals surface area contributed by atoms with Gasteiger partial charge in [-0.3, -0.25) is 14.4 Å². The van der Waals surface area contributed by atoms with Gasteiger partial charge in [-0.05, 0) is 39.0 Å². The van der Waals surface area contributed by atoms with Gasteiger partial charge in [-0.1, -0.05) is 19.3 Å². The van der Waals surface area contributed by atoms with Crippen LogP contribution in [0.15, 0.2) is 11.0 Å². The Balaban J connectivity index is 1.51. The molecule has 1 aromatic rings. The number of hydrogen-bond acceptors (Lipinski definition) is 4. The molecular weight excluding hydrogens is 344 g/mol. The number of piperidine rings is 1. The van der Waals surface area contributed by atoms with Crippen LogP contribution < -0.4 is 5.56 Å². The van der Waals surface area contributed by atoms with Crippen molar-refractivity contribution >= 4 is 11.8 Å². The van der Waals surface area contributed by atoms with E-state index in [0.717, 1.165) is 32.2 Å². The lowest BCUT2D eigenvalue weighted by Crippen LogP contribution is -2.54. The number of likely N-dealkylation sites (tertiary alicyclic amines) is 2. The van der Waals surface area contributed by atoms with Crippen LogP contribution in [0.1, 0.15) is 67.5 Å². The van der Waals surface area contributed by atoms with Crippen molar-refractivity contribution in [1.29, 1.82) is 0 Å². The Morgan fingerprint density at radius 3 is 2.67 bits per heavy atom. The summed E-state index contributed by atoms with van der Waals surface area (Å²) >= 11 is 0. The van der Waals surface area contributed by atoms with Gasteiger partial charge < -0.3 is 14.8 Å². The number of carbonyl (C=O) groups excluding carboxylic acids is 2. The van der Waals surface area contributed by atoms with Crippen molar-refractivity contribution in [3.05, 3.63) is 27.9 Å². The average molecular weight is 372 g/mol. The van der Waals surface area contributed by atoms with E-state index in [4.69, 9.17) is 0 Å². The second-order valence-corrected chi connectivity index (χ2v) is 8.36. The largest absolute Gasteiger partial charge is 0.339 e. The van der Waals surface area contributed by atoms with Crippen LogP contribution in [0, 0.1) is 12.3 Å². The van der Waals surface area contributed by atoms with E-state index in [1.807, 2.05) is 0 Å². The van der Waals surface area contributed by atoms with Crippen molar-refractivity contribution in [2.75, 3.05) is 19.6 Å². The number of hydrogen-bond donors (Lipinski definition) is 1. The number of aryl methyl sites for hydroxylation is 1. The van der Waals surface area contributed by atoms with E-state index in [9.17, 15) is 14.4 Å². The highest BCUT2D eigenvalue weighted by Gasteiger charge is 2.50. The summed E-state index contributed by atoms with van der Waals surface area (Å²) in [5.41, 5.74) is -0.812. The van der Waals surface area contributed by atoms with Crippen LogP contribution in [0.4, 0.5) is 0 Å². The minimum atomic E-state index is -0.462. The summed E-state index contributed by atoms with van der Waals surface area (Å²) in [6.07, 6.45) is 9.76. The number of H-pyrrole nitrogens is 1. The number of aromatic nitrogens is 2. The van der Waals surface area contributed by atoms with E-state index in [-0.39, 0.29) is 17.4 Å². The van der Waals surface area contributed by atoms with Crippen molar-refractivity contribution < 1.29 is 9.59 Å². The Labute approximate surface area is 159 Å². The zero-order valence-corrected chi connectivity index (χ0v) is 16.0. The predicted octanol–water partition coefficient (Wildman–Crippen LogP) is 1.87. The second kappa shape index (κ2) is 7.09. The first-order chi connectivity index (χ1) is 13.0. The lowest BCUT2D eigenvalue weighted by molar-refractivity contribution is -0.149. The minimum absolute atomic E-state index is 0.0602. The predicted molar refractivity (Wildman–Crippen MR) is 100 cm³/mol. The number of amides is 2. The van der Waals surface area contributed by atoms with Crippen molar-refractivity contribution in [3.8, 4) is 0 Å². The van der Waals surface area contributed by atoms with Crippen LogP contribution in [0.2, 0.25) is 0 Å². The van der Waals surface area contributed by atoms with E-state index >= 15 is 0 Å². The molecule has 1 unspecified atom stereocenters. The quantitative estimate of drug-likeness (QED) is 0.859. The molecule has 7 heteroatoms. The van der Waals surface area contributed by atoms with Crippen LogP contribution in [0.3, 0.4) is 0 Å². The molecule has 1 spiro atoms. The highest BCUT2D eigenvalue weighted by atomic mass is 16.2. The van der Waals surface area contributed by atoms with Gasteiger partial charge in [0.25, 0.3) is 11.5 Å². The van der Waals surface area contributed by atoms with Crippen LogP contribution in [-0.2, 0) is 4.79 Å². The van der Waals surface area contributed by atoms with Gasteiger partial charge in [-0.15, -0.1) is 0 Å². The molecule has 2 aliphatic heterocycles. The molecule has 7 nitrogen and oxygen atoms in total. The van der Waals surface area contributed by atoms with Crippen molar-refractivity contribution in [2.24, 2.45) is 5.41 Å². The molecule has 4 rings (SSSR count). The monoisotopic (exact) mass is 372 g/mol. The van der Waals surface area contributed by atoms with Gasteiger partial charge in [0.15, 0.2) is 0 Å². The molecule has 1 aromatic heterocycles. The average Bonchev–Trinajstić information content (AvgIpc) is 3.09. The number of nitrogens with one attached hydrogen (secondary N) is 1. The third-order valence-corrected chi connectivity index (χ3v) is 6.58. The molecule has 0 aromatic carbocycles. The first-order valence-corrected chi connectivity index (χ1v) is 10.2. The molecular formula is C20H28N4O3. The van der Waals surface area contributed by atoms with Crippen molar-refractivity contribution in [1.82, 2.24) is 19.8 Å². The molecule has 2 amide bonds. The number of nitrogens with zero attached hydrogens (tertiary/aromatic N) is 3. The first kappa shape index (κ1) is 18.2. The van der Waals surface area contributed by atoms with Gasteiger partial charge in [0, 0.05) is 31.9 Å². The van der Waals surface area contributed by atoms with Gasteiger partial charge in [0.05, 0.1) is 5.41 Å². The number of rotatable bonds is 2. The Morgan fingerprint density at radius 2 is 1.93 bits per heavy atom. The van der Waals surface area contributed by atoms with Crippen LogP contribution >= 0.6 is 0 Å². The maximum atomic E-state index is 13.4.